The highest BCUT2D eigenvalue weighted by atomic mass is 32.2. The molecular formula is C20H18N4OS2. The molecule has 2 heterocycles. The summed E-state index contributed by atoms with van der Waals surface area (Å²) in [5, 5.41) is 13.5. The molecule has 0 radical (unpaired) electrons. The average Bonchev–Trinajstić information content (AvgIpc) is 3.07. The number of anilines is 1. The maximum atomic E-state index is 12.3. The molecule has 1 amide bonds. The smallest absolute Gasteiger partial charge is 0.236 e. The lowest BCUT2D eigenvalue weighted by atomic mass is 9.87. The number of nitrogens with zero attached hydrogens (tertiary/aromatic N) is 3. The summed E-state index contributed by atoms with van der Waals surface area (Å²) in [5.74, 6) is 0.687. The minimum absolute atomic E-state index is 0.143. The van der Waals surface area contributed by atoms with Crippen molar-refractivity contribution in [3.05, 3.63) is 47.2 Å². The molecule has 1 aliphatic rings. The minimum Gasteiger partial charge on any atom is -0.301 e. The number of thiazole rings is 1. The van der Waals surface area contributed by atoms with Crippen molar-refractivity contribution in [2.45, 2.75) is 31.2 Å². The van der Waals surface area contributed by atoms with Crippen molar-refractivity contribution >= 4 is 44.4 Å². The highest BCUT2D eigenvalue weighted by Gasteiger charge is 2.20. The Kier molecular flexibility index (Phi) is 5.10. The molecule has 27 heavy (non-hydrogen) atoms. The van der Waals surface area contributed by atoms with E-state index >= 15 is 0 Å². The first kappa shape index (κ1) is 18.0. The summed E-state index contributed by atoms with van der Waals surface area (Å²) < 4.78 is 1.04. The monoisotopic (exact) mass is 394 g/mol. The van der Waals surface area contributed by atoms with Gasteiger partial charge >= 0.3 is 0 Å². The van der Waals surface area contributed by atoms with Crippen molar-refractivity contribution in [2.24, 2.45) is 5.92 Å². The maximum Gasteiger partial charge on any atom is 0.236 e. The van der Waals surface area contributed by atoms with Gasteiger partial charge in [-0.25, -0.2) is 9.97 Å². The van der Waals surface area contributed by atoms with Gasteiger partial charge in [-0.05, 0) is 48.9 Å². The summed E-state index contributed by atoms with van der Waals surface area (Å²) in [6.07, 6.45) is 3.03. The molecule has 3 aromatic rings. The van der Waals surface area contributed by atoms with Crippen molar-refractivity contribution in [1.82, 2.24) is 9.97 Å². The molecule has 0 bridgehead atoms. The number of benzene rings is 1. The largest absolute Gasteiger partial charge is 0.301 e. The van der Waals surface area contributed by atoms with E-state index in [4.69, 9.17) is 0 Å². The van der Waals surface area contributed by atoms with E-state index in [-0.39, 0.29) is 11.7 Å². The molecule has 0 aliphatic heterocycles. The van der Waals surface area contributed by atoms with Crippen LogP contribution in [0.3, 0.4) is 0 Å². The second-order valence-electron chi connectivity index (χ2n) is 6.73. The number of rotatable bonds is 4. The summed E-state index contributed by atoms with van der Waals surface area (Å²) in [6.45, 7) is 2.23. The highest BCUT2D eigenvalue weighted by Crippen LogP contribution is 2.30. The number of aryl methyl sites for hydroxylation is 1. The SMILES string of the molecule is CC1CCc2nc(SCC(=O)Nc3nc4ccccc4s3)c(C#N)cc2C1. The van der Waals surface area contributed by atoms with Crippen LogP contribution in [0.2, 0.25) is 0 Å². The predicted octanol–water partition coefficient (Wildman–Crippen LogP) is 4.42. The number of amides is 1. The second-order valence-corrected chi connectivity index (χ2v) is 8.72. The van der Waals surface area contributed by atoms with Crippen LogP contribution in [0.4, 0.5) is 5.13 Å². The van der Waals surface area contributed by atoms with Crippen LogP contribution in [0.1, 0.15) is 30.2 Å². The van der Waals surface area contributed by atoms with E-state index in [0.29, 0.717) is 21.6 Å². The van der Waals surface area contributed by atoms with E-state index in [9.17, 15) is 10.1 Å². The van der Waals surface area contributed by atoms with Crippen molar-refractivity contribution in [2.75, 3.05) is 11.1 Å². The van der Waals surface area contributed by atoms with Gasteiger partial charge in [-0.1, -0.05) is 42.2 Å². The zero-order valence-electron chi connectivity index (χ0n) is 14.9. The van der Waals surface area contributed by atoms with Gasteiger partial charge in [0, 0.05) is 5.69 Å². The summed E-state index contributed by atoms with van der Waals surface area (Å²) >= 11 is 2.76. The van der Waals surface area contributed by atoms with Gasteiger partial charge in [0.05, 0.1) is 21.5 Å². The number of thioether (sulfide) groups is 1. The lowest BCUT2D eigenvalue weighted by Gasteiger charge is -2.21. The molecule has 2 aromatic heterocycles. The fourth-order valence-corrected chi connectivity index (χ4v) is 4.89. The first-order chi connectivity index (χ1) is 13.1. The normalized spacial score (nSPS) is 15.9. The maximum absolute atomic E-state index is 12.3. The molecule has 5 nitrogen and oxygen atoms in total. The molecule has 0 fully saturated rings. The number of hydrogen-bond acceptors (Lipinski definition) is 6. The van der Waals surface area contributed by atoms with Gasteiger partial charge in [-0.15, -0.1) is 0 Å². The molecule has 1 aromatic carbocycles. The Balaban J connectivity index is 1.45. The Morgan fingerprint density at radius 3 is 3.07 bits per heavy atom. The van der Waals surface area contributed by atoms with Crippen LogP contribution >= 0.6 is 23.1 Å². The molecule has 1 atom stereocenters. The lowest BCUT2D eigenvalue weighted by Crippen LogP contribution is -2.16. The van der Waals surface area contributed by atoms with Crippen LogP contribution < -0.4 is 5.32 Å². The average molecular weight is 395 g/mol. The van der Waals surface area contributed by atoms with Crippen molar-refractivity contribution in [3.63, 3.8) is 0 Å². The van der Waals surface area contributed by atoms with Gasteiger partial charge in [0.25, 0.3) is 0 Å². The number of carbonyl (C=O) groups is 1. The summed E-state index contributed by atoms with van der Waals surface area (Å²) in [4.78, 5) is 21.4. The van der Waals surface area contributed by atoms with Gasteiger partial charge in [-0.2, -0.15) is 5.26 Å². The lowest BCUT2D eigenvalue weighted by molar-refractivity contribution is -0.113. The third-order valence-corrected chi connectivity index (χ3v) is 6.54. The summed E-state index contributed by atoms with van der Waals surface area (Å²) in [7, 11) is 0. The number of hydrogen-bond donors (Lipinski definition) is 1. The van der Waals surface area contributed by atoms with Crippen molar-refractivity contribution in [1.29, 1.82) is 5.26 Å². The molecule has 136 valence electrons. The Morgan fingerprint density at radius 2 is 2.26 bits per heavy atom. The standard InChI is InChI=1S/C20H18N4OS2/c1-12-6-7-15-13(8-12)9-14(10-21)19(22-15)26-11-18(25)24-20-23-16-4-2-3-5-17(16)27-20/h2-5,9,12H,6-8,11H2,1H3,(H,23,24,25). The van der Waals surface area contributed by atoms with Crippen LogP contribution in [0, 0.1) is 17.2 Å². The van der Waals surface area contributed by atoms with E-state index < -0.39 is 0 Å². The predicted molar refractivity (Wildman–Crippen MR) is 109 cm³/mol. The topological polar surface area (TPSA) is 78.7 Å². The minimum atomic E-state index is -0.143. The number of aromatic nitrogens is 2. The fourth-order valence-electron chi connectivity index (χ4n) is 3.23. The zero-order chi connectivity index (χ0) is 18.8. The van der Waals surface area contributed by atoms with E-state index in [2.05, 4.69) is 28.3 Å². The van der Waals surface area contributed by atoms with E-state index in [1.54, 1.807) is 0 Å². The molecular weight excluding hydrogens is 376 g/mol. The summed E-state index contributed by atoms with van der Waals surface area (Å²) in [5.41, 5.74) is 3.68. The molecule has 4 rings (SSSR count). The molecule has 1 unspecified atom stereocenters. The van der Waals surface area contributed by atoms with Gasteiger partial charge in [-0.3, -0.25) is 4.79 Å². The number of pyridine rings is 1. The number of carbonyl (C=O) groups excluding carboxylic acids is 1. The quantitative estimate of drug-likeness (QED) is 0.663. The van der Waals surface area contributed by atoms with E-state index in [0.717, 1.165) is 35.2 Å². The van der Waals surface area contributed by atoms with Crippen molar-refractivity contribution < 1.29 is 4.79 Å². The third-order valence-electron chi connectivity index (χ3n) is 4.60. The van der Waals surface area contributed by atoms with E-state index in [1.807, 2.05) is 30.3 Å². The molecule has 1 aliphatic carbocycles. The Bertz CT molecular complexity index is 1020. The zero-order valence-corrected chi connectivity index (χ0v) is 16.5. The van der Waals surface area contributed by atoms with Crippen molar-refractivity contribution in [3.8, 4) is 6.07 Å². The van der Waals surface area contributed by atoms with Crippen LogP contribution in [-0.2, 0) is 17.6 Å². The fraction of sp³-hybridized carbons (Fsp3) is 0.300. The molecule has 0 saturated carbocycles. The van der Waals surface area contributed by atoms with Crippen LogP contribution in [0.25, 0.3) is 10.2 Å². The Labute approximate surface area is 165 Å². The van der Waals surface area contributed by atoms with Gasteiger partial charge < -0.3 is 5.32 Å². The first-order valence-electron chi connectivity index (χ1n) is 8.83. The molecule has 0 saturated heterocycles. The number of fused-ring (bicyclic) bond motifs is 2. The third kappa shape index (κ3) is 3.97. The highest BCUT2D eigenvalue weighted by molar-refractivity contribution is 8.00. The molecule has 7 heteroatoms. The van der Waals surface area contributed by atoms with E-state index in [1.165, 1.54) is 28.7 Å². The number of nitriles is 1. The number of para-hydroxylation sites is 1. The first-order valence-corrected chi connectivity index (χ1v) is 10.6. The Hall–Kier alpha value is -2.43. The van der Waals surface area contributed by atoms with Crippen LogP contribution in [0.5, 0.6) is 0 Å². The van der Waals surface area contributed by atoms with Gasteiger partial charge in [0.2, 0.25) is 5.91 Å². The van der Waals surface area contributed by atoms with Gasteiger partial charge in [0.15, 0.2) is 5.13 Å². The second kappa shape index (κ2) is 7.67. The van der Waals surface area contributed by atoms with Crippen LogP contribution in [-0.4, -0.2) is 21.6 Å². The summed E-state index contributed by atoms with van der Waals surface area (Å²) in [6, 6.07) is 12.0. The van der Waals surface area contributed by atoms with Gasteiger partial charge in [0.1, 0.15) is 11.1 Å². The molecule has 1 N–H and O–H groups in total. The van der Waals surface area contributed by atoms with Crippen LogP contribution in [0.15, 0.2) is 35.4 Å². The Morgan fingerprint density at radius 1 is 1.41 bits per heavy atom. The molecule has 0 spiro atoms. The number of nitrogens with one attached hydrogen (secondary N) is 1.